The molecule has 3 aromatic heterocycles. The molecule has 1 unspecified atom stereocenters. The summed E-state index contributed by atoms with van der Waals surface area (Å²) in [7, 11) is -3.89. The number of fused-ring (bicyclic) bond motifs is 1. The van der Waals surface area contributed by atoms with Gasteiger partial charge in [-0.1, -0.05) is 11.3 Å². The Morgan fingerprint density at radius 3 is 2.50 bits per heavy atom. The van der Waals surface area contributed by atoms with Gasteiger partial charge in [-0.2, -0.15) is 0 Å². The van der Waals surface area contributed by atoms with Gasteiger partial charge in [0.05, 0.1) is 30.2 Å². The highest BCUT2D eigenvalue weighted by atomic mass is 32.2. The minimum atomic E-state index is -3.89. The second-order valence-electron chi connectivity index (χ2n) is 12.1. The number of ether oxygens (including phenoxy) is 1. The van der Waals surface area contributed by atoms with E-state index in [-0.39, 0.29) is 27.3 Å². The van der Waals surface area contributed by atoms with Crippen molar-refractivity contribution in [1.82, 2.24) is 24.3 Å². The number of alkyl halides is 2. The van der Waals surface area contributed by atoms with Gasteiger partial charge in [-0.15, -0.1) is 10.2 Å². The standard InChI is InChI=1S/C26H32F2N6O4S2/c1-14-20(35)26(13-38-14)7-9-33(10-8-26)17-11-16(40(36,37)32-25(2)5-6-25)12-34-19(18(15-3-4-15)29-22(17)34)23-30-31-24(39-23)21(27)28/h11-12,14-15,20-21,32,35H,3-10,13H2,1-2H3/t14-,20?/m1/s1. The Bertz CT molecular complexity index is 1570. The van der Waals surface area contributed by atoms with Gasteiger partial charge in [0.1, 0.15) is 10.6 Å². The molecule has 0 radical (unpaired) electrons. The van der Waals surface area contributed by atoms with Crippen molar-refractivity contribution >= 4 is 32.7 Å². The van der Waals surface area contributed by atoms with Crippen LogP contribution in [-0.2, 0) is 14.8 Å². The molecule has 4 fully saturated rings. The van der Waals surface area contributed by atoms with Crippen LogP contribution in [0, 0.1) is 5.41 Å². The fourth-order valence-corrected chi connectivity index (χ4v) is 8.28. The van der Waals surface area contributed by atoms with Crippen molar-refractivity contribution in [2.75, 3.05) is 24.6 Å². The number of hydrogen-bond donors (Lipinski definition) is 2. The van der Waals surface area contributed by atoms with E-state index < -0.39 is 28.1 Å². The zero-order valence-electron chi connectivity index (χ0n) is 22.3. The van der Waals surface area contributed by atoms with Crippen molar-refractivity contribution in [1.29, 1.82) is 0 Å². The van der Waals surface area contributed by atoms with E-state index >= 15 is 0 Å². The molecular formula is C26H32F2N6O4S2. The van der Waals surface area contributed by atoms with Crippen molar-refractivity contribution < 1.29 is 27.0 Å². The maximum Gasteiger partial charge on any atom is 0.291 e. The summed E-state index contributed by atoms with van der Waals surface area (Å²) < 4.78 is 64.4. The van der Waals surface area contributed by atoms with Gasteiger partial charge in [0.15, 0.2) is 15.7 Å². The molecule has 2 saturated heterocycles. The van der Waals surface area contributed by atoms with Gasteiger partial charge in [0.2, 0.25) is 10.0 Å². The van der Waals surface area contributed by atoms with Crippen LogP contribution in [0.2, 0.25) is 0 Å². The smallest absolute Gasteiger partial charge is 0.291 e. The van der Waals surface area contributed by atoms with Crippen LogP contribution in [0.1, 0.15) is 75.4 Å². The lowest BCUT2D eigenvalue weighted by atomic mass is 9.74. The third-order valence-electron chi connectivity index (χ3n) is 8.99. The number of anilines is 1. The van der Waals surface area contributed by atoms with E-state index in [0.717, 1.165) is 42.7 Å². The van der Waals surface area contributed by atoms with Crippen LogP contribution >= 0.6 is 11.3 Å². The van der Waals surface area contributed by atoms with E-state index in [2.05, 4.69) is 19.8 Å². The van der Waals surface area contributed by atoms with Crippen molar-refractivity contribution in [2.45, 2.75) is 87.4 Å². The number of rotatable bonds is 7. The number of nitrogens with one attached hydrogen (secondary N) is 1. The van der Waals surface area contributed by atoms with Gasteiger partial charge in [-0.3, -0.25) is 4.40 Å². The lowest BCUT2D eigenvalue weighted by Gasteiger charge is -2.41. The minimum Gasteiger partial charge on any atom is -0.390 e. The van der Waals surface area contributed by atoms with Crippen LogP contribution in [0.4, 0.5) is 14.5 Å². The first-order valence-corrected chi connectivity index (χ1v) is 16.1. The number of halogens is 2. The Labute approximate surface area is 234 Å². The minimum absolute atomic E-state index is 0.0841. The summed E-state index contributed by atoms with van der Waals surface area (Å²) in [5.41, 5.74) is 1.69. The third kappa shape index (κ3) is 4.42. The average molecular weight is 595 g/mol. The molecule has 0 bridgehead atoms. The molecule has 2 aliphatic heterocycles. The van der Waals surface area contributed by atoms with Crippen LogP contribution in [0.5, 0.6) is 0 Å². The predicted molar refractivity (Wildman–Crippen MR) is 144 cm³/mol. The molecule has 2 aliphatic carbocycles. The lowest BCUT2D eigenvalue weighted by molar-refractivity contribution is 0.0250. The topological polar surface area (TPSA) is 122 Å². The van der Waals surface area contributed by atoms with E-state index in [4.69, 9.17) is 9.72 Å². The molecule has 2 saturated carbocycles. The second kappa shape index (κ2) is 9.12. The number of imidazole rings is 1. The number of aromatic nitrogens is 4. The third-order valence-corrected chi connectivity index (χ3v) is 11.5. The summed E-state index contributed by atoms with van der Waals surface area (Å²) in [4.78, 5) is 7.19. The quantitative estimate of drug-likeness (QED) is 0.423. The molecule has 4 aliphatic rings. The molecule has 2 atom stereocenters. The van der Waals surface area contributed by atoms with Crippen molar-refractivity contribution in [3.05, 3.63) is 23.0 Å². The van der Waals surface area contributed by atoms with Crippen LogP contribution in [-0.4, -0.2) is 70.5 Å². The first kappa shape index (κ1) is 26.6. The van der Waals surface area contributed by atoms with Gasteiger partial charge in [-0.25, -0.2) is 26.9 Å². The van der Waals surface area contributed by atoms with Crippen LogP contribution in [0.15, 0.2) is 17.2 Å². The SMILES string of the molecule is C[C@H]1OCC2(CCN(c3cc(S(=O)(=O)NC4(C)CC4)cn4c(-c5nnc(C(F)F)s5)c(C5CC5)nc34)CC2)C1O. The molecule has 2 N–H and O–H groups in total. The number of aliphatic hydroxyl groups is 1. The predicted octanol–water partition coefficient (Wildman–Crippen LogP) is 3.86. The van der Waals surface area contributed by atoms with Gasteiger partial charge in [-0.05, 0) is 58.4 Å². The maximum atomic E-state index is 13.6. The second-order valence-corrected chi connectivity index (χ2v) is 14.8. The zero-order chi connectivity index (χ0) is 28.0. The molecule has 0 amide bonds. The van der Waals surface area contributed by atoms with E-state index in [1.807, 2.05) is 13.8 Å². The number of piperidine rings is 1. The highest BCUT2D eigenvalue weighted by Gasteiger charge is 2.49. The van der Waals surface area contributed by atoms with Gasteiger partial charge < -0.3 is 14.7 Å². The molecule has 0 aromatic carbocycles. The summed E-state index contributed by atoms with van der Waals surface area (Å²) in [5, 5.41) is 18.5. The molecule has 7 rings (SSSR count). The van der Waals surface area contributed by atoms with Crippen LogP contribution in [0.3, 0.4) is 0 Å². The Morgan fingerprint density at radius 2 is 1.93 bits per heavy atom. The summed E-state index contributed by atoms with van der Waals surface area (Å²) in [6.07, 6.45) is 2.76. The van der Waals surface area contributed by atoms with Crippen molar-refractivity contribution in [3.8, 4) is 10.7 Å². The van der Waals surface area contributed by atoms with E-state index in [1.54, 1.807) is 10.5 Å². The van der Waals surface area contributed by atoms with Gasteiger partial charge in [0.25, 0.3) is 6.43 Å². The highest BCUT2D eigenvalue weighted by Crippen LogP contribution is 2.48. The molecule has 3 aromatic rings. The number of hydrogen-bond acceptors (Lipinski definition) is 9. The fraction of sp³-hybridized carbons (Fsp3) is 0.654. The molecule has 5 heterocycles. The molecule has 216 valence electrons. The Kier molecular flexibility index (Phi) is 6.07. The maximum absolute atomic E-state index is 13.6. The average Bonchev–Trinajstić information content (AvgIpc) is 3.77. The van der Waals surface area contributed by atoms with E-state index in [0.29, 0.717) is 54.6 Å². The number of sulfonamides is 1. The monoisotopic (exact) mass is 594 g/mol. The fourth-order valence-electron chi connectivity index (χ4n) is 6.05. The largest absolute Gasteiger partial charge is 0.390 e. The normalized spacial score (nSPS) is 25.9. The van der Waals surface area contributed by atoms with Crippen LogP contribution in [0.25, 0.3) is 16.3 Å². The first-order chi connectivity index (χ1) is 19.0. The zero-order valence-corrected chi connectivity index (χ0v) is 23.9. The Hall–Kier alpha value is -2.26. The highest BCUT2D eigenvalue weighted by molar-refractivity contribution is 7.89. The molecule has 1 spiro atoms. The number of pyridine rings is 1. The summed E-state index contributed by atoms with van der Waals surface area (Å²) in [6, 6.07) is 1.67. The van der Waals surface area contributed by atoms with E-state index in [9.17, 15) is 22.3 Å². The summed E-state index contributed by atoms with van der Waals surface area (Å²) in [6.45, 7) is 5.44. The Balaban J connectivity index is 1.36. The summed E-state index contributed by atoms with van der Waals surface area (Å²) >= 11 is 0.807. The van der Waals surface area contributed by atoms with Crippen molar-refractivity contribution in [2.24, 2.45) is 5.41 Å². The van der Waals surface area contributed by atoms with Gasteiger partial charge >= 0.3 is 0 Å². The van der Waals surface area contributed by atoms with Gasteiger partial charge in [0, 0.05) is 36.2 Å². The first-order valence-electron chi connectivity index (χ1n) is 13.8. The van der Waals surface area contributed by atoms with Crippen molar-refractivity contribution in [3.63, 3.8) is 0 Å². The van der Waals surface area contributed by atoms with Crippen LogP contribution < -0.4 is 9.62 Å². The molecule has 14 heteroatoms. The molecule has 40 heavy (non-hydrogen) atoms. The summed E-state index contributed by atoms with van der Waals surface area (Å²) in [5.74, 6) is 0.155. The Morgan fingerprint density at radius 1 is 1.20 bits per heavy atom. The number of nitrogens with zero attached hydrogens (tertiary/aromatic N) is 5. The number of aliphatic hydroxyl groups excluding tert-OH is 1. The molecular weight excluding hydrogens is 562 g/mol. The lowest BCUT2D eigenvalue weighted by Crippen LogP contribution is -2.47. The van der Waals surface area contributed by atoms with E-state index in [1.165, 1.54) is 6.20 Å². The molecule has 10 nitrogen and oxygen atoms in total.